The molecule has 0 amide bonds. The molecule has 0 spiro atoms. The fraction of sp³-hybridized carbons (Fsp3) is 0.316. The van der Waals surface area contributed by atoms with E-state index in [2.05, 4.69) is 4.90 Å². The fourth-order valence-corrected chi connectivity index (χ4v) is 4.25. The van der Waals surface area contributed by atoms with Gasteiger partial charge in [0.25, 0.3) is 5.56 Å². The first-order chi connectivity index (χ1) is 12.5. The second-order valence-corrected chi connectivity index (χ2v) is 7.07. The number of hydrogen-bond acceptors (Lipinski definition) is 5. The van der Waals surface area contributed by atoms with Crippen molar-refractivity contribution in [1.82, 2.24) is 4.57 Å². The SMILES string of the molecule is CCn1c(=O)c(=Cc2ccc(N3CCCC3)cc2)s/c1=C(/C#N)C(=O)O. The zero-order chi connectivity index (χ0) is 18.7. The molecule has 7 heteroatoms. The topological polar surface area (TPSA) is 86.3 Å². The number of nitriles is 1. The number of carboxylic acids is 1. The van der Waals surface area contributed by atoms with Gasteiger partial charge in [0.15, 0.2) is 5.57 Å². The van der Waals surface area contributed by atoms with Gasteiger partial charge in [-0.15, -0.1) is 11.3 Å². The van der Waals surface area contributed by atoms with E-state index in [-0.39, 0.29) is 10.2 Å². The van der Waals surface area contributed by atoms with Gasteiger partial charge in [-0.05, 0) is 43.5 Å². The molecule has 0 atom stereocenters. The van der Waals surface area contributed by atoms with E-state index < -0.39 is 11.5 Å². The summed E-state index contributed by atoms with van der Waals surface area (Å²) >= 11 is 1.04. The van der Waals surface area contributed by atoms with Gasteiger partial charge < -0.3 is 10.0 Å². The van der Waals surface area contributed by atoms with Gasteiger partial charge in [0.05, 0.1) is 4.53 Å². The highest BCUT2D eigenvalue weighted by atomic mass is 32.1. The van der Waals surface area contributed by atoms with Crippen LogP contribution in [0.25, 0.3) is 11.6 Å². The maximum atomic E-state index is 12.6. The van der Waals surface area contributed by atoms with E-state index in [0.29, 0.717) is 11.1 Å². The normalized spacial score (nSPS) is 15.8. The van der Waals surface area contributed by atoms with Gasteiger partial charge in [-0.25, -0.2) is 4.79 Å². The summed E-state index contributed by atoms with van der Waals surface area (Å²) in [6, 6.07) is 9.66. The van der Waals surface area contributed by atoms with Crippen LogP contribution < -0.4 is 19.7 Å². The monoisotopic (exact) mass is 369 g/mol. The van der Waals surface area contributed by atoms with E-state index in [1.165, 1.54) is 23.1 Å². The molecule has 1 aliphatic heterocycles. The van der Waals surface area contributed by atoms with Crippen molar-refractivity contribution in [2.45, 2.75) is 26.3 Å². The summed E-state index contributed by atoms with van der Waals surface area (Å²) in [5, 5.41) is 18.3. The number of benzene rings is 1. The van der Waals surface area contributed by atoms with Crippen molar-refractivity contribution in [3.8, 4) is 6.07 Å². The van der Waals surface area contributed by atoms with E-state index in [0.717, 1.165) is 30.0 Å². The minimum absolute atomic E-state index is 0.187. The first-order valence-corrected chi connectivity index (χ1v) is 9.31. The van der Waals surface area contributed by atoms with Crippen LogP contribution >= 0.6 is 11.3 Å². The zero-order valence-electron chi connectivity index (χ0n) is 14.4. The van der Waals surface area contributed by atoms with E-state index in [1.807, 2.05) is 24.3 Å². The lowest BCUT2D eigenvalue weighted by Crippen LogP contribution is -2.32. The molecule has 0 unspecified atom stereocenters. The predicted octanol–water partition coefficient (Wildman–Crippen LogP) is 1.12. The lowest BCUT2D eigenvalue weighted by Gasteiger charge is -2.17. The Labute approximate surface area is 154 Å². The van der Waals surface area contributed by atoms with Crippen molar-refractivity contribution >= 4 is 34.6 Å². The Morgan fingerprint density at radius 2 is 1.96 bits per heavy atom. The number of aromatic nitrogens is 1. The summed E-state index contributed by atoms with van der Waals surface area (Å²) in [4.78, 5) is 26.2. The second-order valence-electron chi connectivity index (χ2n) is 6.04. The summed E-state index contributed by atoms with van der Waals surface area (Å²) in [7, 11) is 0. The van der Waals surface area contributed by atoms with Crippen LogP contribution in [0.5, 0.6) is 0 Å². The quantitative estimate of drug-likeness (QED) is 0.873. The molecule has 0 aliphatic carbocycles. The van der Waals surface area contributed by atoms with E-state index in [1.54, 1.807) is 19.1 Å². The Bertz CT molecular complexity index is 1040. The van der Waals surface area contributed by atoms with Gasteiger partial charge in [0.1, 0.15) is 10.7 Å². The Morgan fingerprint density at radius 1 is 1.31 bits per heavy atom. The first kappa shape index (κ1) is 18.0. The van der Waals surface area contributed by atoms with Gasteiger partial charge >= 0.3 is 5.97 Å². The molecule has 0 saturated carbocycles. The average molecular weight is 369 g/mol. The molecule has 3 rings (SSSR count). The summed E-state index contributed by atoms with van der Waals surface area (Å²) in [5.41, 5.74) is 1.36. The predicted molar refractivity (Wildman–Crippen MR) is 102 cm³/mol. The molecule has 6 nitrogen and oxygen atoms in total. The molecule has 0 radical (unpaired) electrons. The Hall–Kier alpha value is -2.85. The molecule has 2 heterocycles. The minimum Gasteiger partial charge on any atom is -0.477 e. The molecule has 1 saturated heterocycles. The van der Waals surface area contributed by atoms with Crippen molar-refractivity contribution < 1.29 is 9.90 Å². The van der Waals surface area contributed by atoms with Crippen LogP contribution in [0.4, 0.5) is 5.69 Å². The zero-order valence-corrected chi connectivity index (χ0v) is 15.3. The van der Waals surface area contributed by atoms with Crippen molar-refractivity contribution in [3.63, 3.8) is 0 Å². The maximum Gasteiger partial charge on any atom is 0.349 e. The molecule has 0 bridgehead atoms. The fourth-order valence-electron chi connectivity index (χ4n) is 3.09. The van der Waals surface area contributed by atoms with E-state index in [4.69, 9.17) is 5.26 Å². The molecule has 1 aromatic carbocycles. The number of aliphatic carboxylic acids is 1. The minimum atomic E-state index is -1.32. The smallest absolute Gasteiger partial charge is 0.349 e. The highest BCUT2D eigenvalue weighted by Gasteiger charge is 2.14. The number of nitrogens with zero attached hydrogens (tertiary/aromatic N) is 3. The number of thiazole rings is 1. The van der Waals surface area contributed by atoms with E-state index in [9.17, 15) is 14.7 Å². The van der Waals surface area contributed by atoms with Crippen LogP contribution in [0.2, 0.25) is 0 Å². The molecule has 1 aliphatic rings. The lowest BCUT2D eigenvalue weighted by molar-refractivity contribution is -0.130. The Morgan fingerprint density at radius 3 is 2.50 bits per heavy atom. The van der Waals surface area contributed by atoms with Crippen molar-refractivity contribution in [2.24, 2.45) is 0 Å². The van der Waals surface area contributed by atoms with Gasteiger partial charge in [0.2, 0.25) is 0 Å². The van der Waals surface area contributed by atoms with Crippen LogP contribution in [-0.2, 0) is 11.3 Å². The molecular weight excluding hydrogens is 350 g/mol. The van der Waals surface area contributed by atoms with Gasteiger partial charge in [-0.2, -0.15) is 5.26 Å². The second kappa shape index (κ2) is 7.58. The van der Waals surface area contributed by atoms with Gasteiger partial charge in [0, 0.05) is 25.3 Å². The number of carboxylic acid groups (broad SMARTS) is 1. The van der Waals surface area contributed by atoms with Gasteiger partial charge in [-0.1, -0.05) is 12.1 Å². The average Bonchev–Trinajstić information content (AvgIpc) is 3.25. The molecular formula is C19H19N3O3S. The number of carbonyl (C=O) groups is 1. The Kier molecular flexibility index (Phi) is 5.24. The third kappa shape index (κ3) is 3.41. The van der Waals surface area contributed by atoms with Crippen molar-refractivity contribution in [3.05, 3.63) is 49.4 Å². The van der Waals surface area contributed by atoms with Crippen LogP contribution in [-0.4, -0.2) is 28.7 Å². The standard InChI is InChI=1S/C19H19N3O3S/c1-2-22-17(23)16(26-18(22)15(12-20)19(24)25)11-13-5-7-14(8-6-13)21-9-3-4-10-21/h5-8,11H,2-4,9-10H2,1H3,(H,24,25)/b16-11?,18-15-. The summed E-state index contributed by atoms with van der Waals surface area (Å²) < 4.78 is 1.94. The van der Waals surface area contributed by atoms with Crippen molar-refractivity contribution in [1.29, 1.82) is 5.26 Å². The highest BCUT2D eigenvalue weighted by molar-refractivity contribution is 7.07. The van der Waals surface area contributed by atoms with Crippen molar-refractivity contribution in [2.75, 3.05) is 18.0 Å². The number of rotatable bonds is 4. The maximum absolute atomic E-state index is 12.6. The summed E-state index contributed by atoms with van der Waals surface area (Å²) in [5.74, 6) is -1.32. The number of anilines is 1. The summed E-state index contributed by atoms with van der Waals surface area (Å²) in [6.45, 7) is 4.20. The molecule has 134 valence electrons. The highest BCUT2D eigenvalue weighted by Crippen LogP contribution is 2.20. The third-order valence-corrected chi connectivity index (χ3v) is 5.56. The molecule has 2 aromatic rings. The number of hydrogen-bond donors (Lipinski definition) is 1. The van der Waals surface area contributed by atoms with Crippen LogP contribution in [0.1, 0.15) is 25.3 Å². The summed E-state index contributed by atoms with van der Waals surface area (Å²) in [6.07, 6.45) is 4.17. The molecule has 1 aromatic heterocycles. The molecule has 1 fully saturated rings. The lowest BCUT2D eigenvalue weighted by atomic mass is 10.2. The first-order valence-electron chi connectivity index (χ1n) is 8.49. The van der Waals surface area contributed by atoms with Crippen LogP contribution in [0, 0.1) is 11.3 Å². The molecule has 1 N–H and O–H groups in total. The third-order valence-electron chi connectivity index (χ3n) is 4.43. The van der Waals surface area contributed by atoms with Crippen LogP contribution in [0.15, 0.2) is 29.1 Å². The Balaban J connectivity index is 2.07. The largest absolute Gasteiger partial charge is 0.477 e. The van der Waals surface area contributed by atoms with E-state index >= 15 is 0 Å². The molecule has 26 heavy (non-hydrogen) atoms. The van der Waals surface area contributed by atoms with Gasteiger partial charge in [-0.3, -0.25) is 9.36 Å². The van der Waals surface area contributed by atoms with Crippen LogP contribution in [0.3, 0.4) is 0 Å².